The summed E-state index contributed by atoms with van der Waals surface area (Å²) >= 11 is 0. The summed E-state index contributed by atoms with van der Waals surface area (Å²) in [6.07, 6.45) is 0. The number of carbonyl (C=O) groups excluding carboxylic acids is 1. The highest BCUT2D eigenvalue weighted by Gasteiger charge is 2.05. The van der Waals surface area contributed by atoms with Gasteiger partial charge in [-0.3, -0.25) is 4.79 Å². The quantitative estimate of drug-likeness (QED) is 0.782. The second-order valence-corrected chi connectivity index (χ2v) is 4.47. The molecule has 0 atom stereocenters. The van der Waals surface area contributed by atoms with Crippen molar-refractivity contribution < 1.29 is 9.53 Å². The molecule has 98 valence electrons. The van der Waals surface area contributed by atoms with Crippen molar-refractivity contribution >= 4 is 16.7 Å². The van der Waals surface area contributed by atoms with Crippen LogP contribution in [-0.2, 0) is 0 Å². The molecule has 0 heterocycles. The van der Waals surface area contributed by atoms with Gasteiger partial charge in [0.15, 0.2) is 0 Å². The van der Waals surface area contributed by atoms with E-state index in [4.69, 9.17) is 10.5 Å². The molecule has 0 aliphatic carbocycles. The molecule has 0 radical (unpaired) electrons. The van der Waals surface area contributed by atoms with Gasteiger partial charge in [0, 0.05) is 10.9 Å². The number of nitrogens with two attached hydrogens (primary N) is 1. The Morgan fingerprint density at radius 1 is 0.900 bits per heavy atom. The molecule has 0 aliphatic rings. The molecule has 0 aromatic heterocycles. The number of ether oxygens (including phenoxy) is 1. The van der Waals surface area contributed by atoms with Crippen molar-refractivity contribution in [3.05, 3.63) is 72.3 Å². The van der Waals surface area contributed by atoms with Crippen molar-refractivity contribution in [2.24, 2.45) is 5.73 Å². The molecule has 2 N–H and O–H groups in total. The van der Waals surface area contributed by atoms with Gasteiger partial charge in [-0.25, -0.2) is 0 Å². The van der Waals surface area contributed by atoms with E-state index in [-0.39, 0.29) is 0 Å². The molecule has 1 amide bonds. The van der Waals surface area contributed by atoms with Crippen LogP contribution in [-0.4, -0.2) is 5.91 Å². The van der Waals surface area contributed by atoms with E-state index in [9.17, 15) is 4.79 Å². The lowest BCUT2D eigenvalue weighted by molar-refractivity contribution is 0.1000. The molecule has 0 spiro atoms. The second kappa shape index (κ2) is 5.05. The molecule has 0 unspecified atom stereocenters. The molecule has 3 nitrogen and oxygen atoms in total. The van der Waals surface area contributed by atoms with Gasteiger partial charge in [0.1, 0.15) is 11.5 Å². The number of hydrogen-bond donors (Lipinski definition) is 1. The largest absolute Gasteiger partial charge is 0.457 e. The van der Waals surface area contributed by atoms with Crippen molar-refractivity contribution in [1.82, 2.24) is 0 Å². The van der Waals surface area contributed by atoms with Crippen LogP contribution in [0.5, 0.6) is 11.5 Å². The molecule has 0 saturated carbocycles. The van der Waals surface area contributed by atoms with Crippen LogP contribution in [0.4, 0.5) is 0 Å². The maximum atomic E-state index is 11.2. The lowest BCUT2D eigenvalue weighted by Crippen LogP contribution is -2.10. The highest BCUT2D eigenvalue weighted by atomic mass is 16.5. The van der Waals surface area contributed by atoms with E-state index >= 15 is 0 Å². The molecule has 0 bridgehead atoms. The van der Waals surface area contributed by atoms with Crippen LogP contribution in [0.25, 0.3) is 10.8 Å². The van der Waals surface area contributed by atoms with Crippen molar-refractivity contribution in [3.8, 4) is 11.5 Å². The molecule has 3 aromatic carbocycles. The topological polar surface area (TPSA) is 52.3 Å². The Hall–Kier alpha value is -2.81. The molecule has 3 aromatic rings. The Labute approximate surface area is 116 Å². The molecule has 0 fully saturated rings. The van der Waals surface area contributed by atoms with Crippen LogP contribution in [0, 0.1) is 0 Å². The van der Waals surface area contributed by atoms with E-state index in [0.29, 0.717) is 11.3 Å². The summed E-state index contributed by atoms with van der Waals surface area (Å²) < 4.78 is 5.87. The molecular weight excluding hydrogens is 250 g/mol. The van der Waals surface area contributed by atoms with Crippen molar-refractivity contribution in [3.63, 3.8) is 0 Å². The summed E-state index contributed by atoms with van der Waals surface area (Å²) in [7, 11) is 0. The lowest BCUT2D eigenvalue weighted by atomic mass is 10.1. The Morgan fingerprint density at radius 3 is 2.50 bits per heavy atom. The smallest absolute Gasteiger partial charge is 0.248 e. The van der Waals surface area contributed by atoms with Crippen LogP contribution < -0.4 is 10.5 Å². The van der Waals surface area contributed by atoms with Gasteiger partial charge in [-0.1, -0.05) is 42.5 Å². The van der Waals surface area contributed by atoms with E-state index in [0.717, 1.165) is 16.5 Å². The highest BCUT2D eigenvalue weighted by molar-refractivity contribution is 5.93. The van der Waals surface area contributed by atoms with Gasteiger partial charge in [0.25, 0.3) is 0 Å². The summed E-state index contributed by atoms with van der Waals surface area (Å²) in [4.78, 5) is 11.2. The maximum Gasteiger partial charge on any atom is 0.248 e. The van der Waals surface area contributed by atoms with Crippen LogP contribution in [0.1, 0.15) is 10.4 Å². The molecule has 3 rings (SSSR count). The van der Waals surface area contributed by atoms with E-state index in [2.05, 4.69) is 0 Å². The van der Waals surface area contributed by atoms with Gasteiger partial charge in [-0.2, -0.15) is 0 Å². The van der Waals surface area contributed by atoms with E-state index in [1.807, 2.05) is 42.5 Å². The zero-order chi connectivity index (χ0) is 13.9. The Kier molecular flexibility index (Phi) is 3.09. The van der Waals surface area contributed by atoms with E-state index < -0.39 is 5.91 Å². The Bertz CT molecular complexity index is 775. The highest BCUT2D eigenvalue weighted by Crippen LogP contribution is 2.29. The fourth-order valence-corrected chi connectivity index (χ4v) is 2.12. The fraction of sp³-hybridized carbons (Fsp3) is 0. The van der Waals surface area contributed by atoms with Gasteiger partial charge < -0.3 is 10.5 Å². The van der Waals surface area contributed by atoms with Gasteiger partial charge in [0.2, 0.25) is 5.91 Å². The minimum Gasteiger partial charge on any atom is -0.457 e. The number of primary amides is 1. The third kappa shape index (κ3) is 2.34. The first-order chi connectivity index (χ1) is 9.74. The van der Waals surface area contributed by atoms with Crippen molar-refractivity contribution in [1.29, 1.82) is 0 Å². The number of fused-ring (bicyclic) bond motifs is 1. The third-order valence-corrected chi connectivity index (χ3v) is 3.10. The Balaban J connectivity index is 2.01. The Morgan fingerprint density at radius 2 is 1.65 bits per heavy atom. The normalized spacial score (nSPS) is 10.4. The maximum absolute atomic E-state index is 11.2. The molecule has 3 heteroatoms. The van der Waals surface area contributed by atoms with Gasteiger partial charge in [-0.15, -0.1) is 0 Å². The van der Waals surface area contributed by atoms with Crippen molar-refractivity contribution in [2.75, 3.05) is 0 Å². The predicted molar refractivity (Wildman–Crippen MR) is 79.0 cm³/mol. The van der Waals surface area contributed by atoms with Crippen LogP contribution >= 0.6 is 0 Å². The van der Waals surface area contributed by atoms with Crippen LogP contribution in [0.15, 0.2) is 66.7 Å². The van der Waals surface area contributed by atoms with Crippen LogP contribution in [0.2, 0.25) is 0 Å². The monoisotopic (exact) mass is 263 g/mol. The van der Waals surface area contributed by atoms with E-state index in [1.54, 1.807) is 24.3 Å². The molecular formula is C17H13NO2. The fourth-order valence-electron chi connectivity index (χ4n) is 2.12. The second-order valence-electron chi connectivity index (χ2n) is 4.47. The first-order valence-corrected chi connectivity index (χ1v) is 6.29. The number of benzene rings is 3. The molecule has 0 aliphatic heterocycles. The zero-order valence-electron chi connectivity index (χ0n) is 10.7. The predicted octanol–water partition coefficient (Wildman–Crippen LogP) is 3.73. The van der Waals surface area contributed by atoms with Gasteiger partial charge >= 0.3 is 0 Å². The summed E-state index contributed by atoms with van der Waals surface area (Å²) in [6.45, 7) is 0. The average molecular weight is 263 g/mol. The minimum atomic E-state index is -0.464. The lowest BCUT2D eigenvalue weighted by Gasteiger charge is -2.09. The number of hydrogen-bond acceptors (Lipinski definition) is 2. The molecule has 0 saturated heterocycles. The SMILES string of the molecule is NC(=O)c1cccc(Oc2cccc3ccccc23)c1. The number of rotatable bonds is 3. The standard InChI is InChI=1S/C17H13NO2/c18-17(19)13-7-3-8-14(11-13)20-16-10-4-6-12-5-1-2-9-15(12)16/h1-11H,(H2,18,19). The third-order valence-electron chi connectivity index (χ3n) is 3.10. The van der Waals surface area contributed by atoms with E-state index in [1.165, 1.54) is 0 Å². The zero-order valence-corrected chi connectivity index (χ0v) is 10.7. The first kappa shape index (κ1) is 12.2. The average Bonchev–Trinajstić information content (AvgIpc) is 2.48. The van der Waals surface area contributed by atoms with Crippen molar-refractivity contribution in [2.45, 2.75) is 0 Å². The summed E-state index contributed by atoms with van der Waals surface area (Å²) in [6, 6.07) is 20.7. The van der Waals surface area contributed by atoms with Gasteiger partial charge in [-0.05, 0) is 29.7 Å². The summed E-state index contributed by atoms with van der Waals surface area (Å²) in [5.74, 6) is 0.885. The molecule has 20 heavy (non-hydrogen) atoms. The minimum absolute atomic E-state index is 0.433. The van der Waals surface area contributed by atoms with Crippen LogP contribution in [0.3, 0.4) is 0 Å². The number of carbonyl (C=O) groups is 1. The summed E-state index contributed by atoms with van der Waals surface area (Å²) in [5, 5.41) is 2.13. The van der Waals surface area contributed by atoms with Gasteiger partial charge in [0.05, 0.1) is 0 Å². The first-order valence-electron chi connectivity index (χ1n) is 6.29. The number of amides is 1. The summed E-state index contributed by atoms with van der Waals surface area (Å²) in [5.41, 5.74) is 5.71.